The highest BCUT2D eigenvalue weighted by atomic mass is 19.1. The normalized spacial score (nSPS) is 22.4. The van der Waals surface area contributed by atoms with Crippen molar-refractivity contribution in [3.8, 4) is 0 Å². The van der Waals surface area contributed by atoms with Gasteiger partial charge in [0.05, 0.1) is 12.3 Å². The number of ether oxygens (including phenoxy) is 1. The number of hydrogen-bond donors (Lipinski definition) is 1. The number of aryl methyl sites for hydroxylation is 1. The molecule has 2 aromatic rings. The highest BCUT2D eigenvalue weighted by molar-refractivity contribution is 5.19. The van der Waals surface area contributed by atoms with E-state index >= 15 is 0 Å². The summed E-state index contributed by atoms with van der Waals surface area (Å²) in [6.45, 7) is 6.63. The first-order valence-electron chi connectivity index (χ1n) is 8.30. The van der Waals surface area contributed by atoms with E-state index in [1.54, 1.807) is 12.1 Å². The van der Waals surface area contributed by atoms with Crippen molar-refractivity contribution in [2.75, 3.05) is 13.2 Å². The fraction of sp³-hybridized carbons (Fsp3) is 0.500. The largest absolute Gasteiger partial charge is 0.373 e. The van der Waals surface area contributed by atoms with E-state index in [1.165, 1.54) is 6.07 Å². The van der Waals surface area contributed by atoms with Crippen LogP contribution < -0.4 is 5.32 Å². The molecule has 0 bridgehead atoms. The maximum atomic E-state index is 13.3. The second kappa shape index (κ2) is 7.23. The van der Waals surface area contributed by atoms with Crippen LogP contribution in [0.25, 0.3) is 0 Å². The van der Waals surface area contributed by atoms with Crippen molar-refractivity contribution >= 4 is 0 Å². The maximum Gasteiger partial charge on any atom is 0.123 e. The number of aromatic nitrogens is 2. The third-order valence-corrected chi connectivity index (χ3v) is 4.55. The first kappa shape index (κ1) is 16.1. The smallest absolute Gasteiger partial charge is 0.123 e. The molecular weight excluding hydrogens is 293 g/mol. The molecule has 0 unspecified atom stereocenters. The zero-order valence-corrected chi connectivity index (χ0v) is 13.7. The van der Waals surface area contributed by atoms with Gasteiger partial charge in [0.15, 0.2) is 0 Å². The average Bonchev–Trinajstić information content (AvgIpc) is 3.21. The molecule has 1 aliphatic rings. The van der Waals surface area contributed by atoms with Crippen LogP contribution >= 0.6 is 0 Å². The molecule has 1 fully saturated rings. The molecule has 1 saturated heterocycles. The summed E-state index contributed by atoms with van der Waals surface area (Å²) in [5.41, 5.74) is 2.12. The van der Waals surface area contributed by atoms with Crippen molar-refractivity contribution in [2.24, 2.45) is 5.92 Å². The lowest BCUT2D eigenvalue weighted by Gasteiger charge is -2.21. The Balaban J connectivity index is 1.60. The predicted octanol–water partition coefficient (Wildman–Crippen LogP) is 3.47. The van der Waals surface area contributed by atoms with Crippen LogP contribution in [-0.2, 0) is 11.3 Å². The maximum absolute atomic E-state index is 13.3. The zero-order valence-electron chi connectivity index (χ0n) is 13.7. The first-order valence-corrected chi connectivity index (χ1v) is 8.30. The van der Waals surface area contributed by atoms with Gasteiger partial charge in [0, 0.05) is 43.4 Å². The second-order valence-electron chi connectivity index (χ2n) is 6.15. The van der Waals surface area contributed by atoms with E-state index in [9.17, 15) is 4.39 Å². The minimum atomic E-state index is -0.190. The summed E-state index contributed by atoms with van der Waals surface area (Å²) in [5.74, 6) is 0.228. The van der Waals surface area contributed by atoms with Crippen molar-refractivity contribution in [2.45, 2.75) is 39.0 Å². The molecule has 4 nitrogen and oxygen atoms in total. The Morgan fingerprint density at radius 3 is 3.09 bits per heavy atom. The molecule has 3 atom stereocenters. The van der Waals surface area contributed by atoms with Gasteiger partial charge in [-0.05, 0) is 38.0 Å². The van der Waals surface area contributed by atoms with Gasteiger partial charge in [0.25, 0.3) is 0 Å². The summed E-state index contributed by atoms with van der Waals surface area (Å²) in [6.07, 6.45) is 5.11. The minimum absolute atomic E-state index is 0.0995. The number of halogens is 1. The summed E-state index contributed by atoms with van der Waals surface area (Å²) in [6, 6.07) is 6.89. The summed E-state index contributed by atoms with van der Waals surface area (Å²) in [4.78, 5) is 0. The Kier molecular flexibility index (Phi) is 5.08. The van der Waals surface area contributed by atoms with E-state index in [-0.39, 0.29) is 18.0 Å². The van der Waals surface area contributed by atoms with E-state index < -0.39 is 0 Å². The van der Waals surface area contributed by atoms with Gasteiger partial charge in [-0.1, -0.05) is 12.1 Å². The van der Waals surface area contributed by atoms with E-state index in [4.69, 9.17) is 4.74 Å². The number of hydrogen-bond acceptors (Lipinski definition) is 3. The molecule has 1 aromatic carbocycles. The third kappa shape index (κ3) is 3.79. The van der Waals surface area contributed by atoms with Crippen LogP contribution in [-0.4, -0.2) is 22.9 Å². The van der Waals surface area contributed by atoms with Gasteiger partial charge >= 0.3 is 0 Å². The van der Waals surface area contributed by atoms with Crippen LogP contribution in [0, 0.1) is 11.7 Å². The fourth-order valence-electron chi connectivity index (χ4n) is 3.13. The molecule has 0 radical (unpaired) electrons. The number of nitrogens with one attached hydrogen (secondary N) is 1. The number of rotatable bonds is 6. The quantitative estimate of drug-likeness (QED) is 0.886. The highest BCUT2D eigenvalue weighted by Gasteiger charge is 2.30. The van der Waals surface area contributed by atoms with Gasteiger partial charge in [-0.25, -0.2) is 4.39 Å². The molecule has 1 N–H and O–H groups in total. The molecule has 23 heavy (non-hydrogen) atoms. The molecule has 124 valence electrons. The van der Waals surface area contributed by atoms with Gasteiger partial charge < -0.3 is 10.1 Å². The predicted molar refractivity (Wildman–Crippen MR) is 87.5 cm³/mol. The van der Waals surface area contributed by atoms with Crippen LogP contribution in [0.2, 0.25) is 0 Å². The van der Waals surface area contributed by atoms with Crippen LogP contribution in [0.3, 0.4) is 0 Å². The zero-order chi connectivity index (χ0) is 16.2. The summed E-state index contributed by atoms with van der Waals surface area (Å²) >= 11 is 0. The molecule has 0 saturated carbocycles. The lowest BCUT2D eigenvalue weighted by atomic mass is 9.96. The van der Waals surface area contributed by atoms with Crippen molar-refractivity contribution in [3.05, 3.63) is 53.6 Å². The van der Waals surface area contributed by atoms with E-state index in [0.29, 0.717) is 5.92 Å². The van der Waals surface area contributed by atoms with E-state index in [2.05, 4.69) is 30.5 Å². The second-order valence-corrected chi connectivity index (χ2v) is 6.15. The Bertz CT molecular complexity index is 643. The van der Waals surface area contributed by atoms with Crippen molar-refractivity contribution < 1.29 is 9.13 Å². The molecule has 0 aliphatic carbocycles. The van der Waals surface area contributed by atoms with Gasteiger partial charge in [0.2, 0.25) is 0 Å². The summed E-state index contributed by atoms with van der Waals surface area (Å²) in [5, 5.41) is 7.86. The average molecular weight is 317 g/mol. The Labute approximate surface area is 136 Å². The van der Waals surface area contributed by atoms with Crippen LogP contribution in [0.4, 0.5) is 4.39 Å². The Morgan fingerprint density at radius 1 is 1.48 bits per heavy atom. The number of nitrogens with zero attached hydrogens (tertiary/aromatic N) is 2. The summed E-state index contributed by atoms with van der Waals surface area (Å²) < 4.78 is 21.2. The molecular formula is C18H24FN3O. The van der Waals surface area contributed by atoms with Crippen LogP contribution in [0.15, 0.2) is 36.7 Å². The topological polar surface area (TPSA) is 39.1 Å². The van der Waals surface area contributed by atoms with Crippen molar-refractivity contribution in [3.63, 3.8) is 0 Å². The number of benzene rings is 1. The van der Waals surface area contributed by atoms with Crippen molar-refractivity contribution in [1.82, 2.24) is 15.1 Å². The lowest BCUT2D eigenvalue weighted by Crippen LogP contribution is -2.27. The SMILES string of the molecule is CCn1cc([C@@H]2OCC[C@@H]2CN[C@H](C)c2cccc(F)c2)cn1. The molecule has 1 aromatic heterocycles. The van der Waals surface area contributed by atoms with Crippen molar-refractivity contribution in [1.29, 1.82) is 0 Å². The Morgan fingerprint density at radius 2 is 2.35 bits per heavy atom. The van der Waals surface area contributed by atoms with Crippen LogP contribution in [0.5, 0.6) is 0 Å². The van der Waals surface area contributed by atoms with Gasteiger partial charge in [-0.3, -0.25) is 4.68 Å². The van der Waals surface area contributed by atoms with Gasteiger partial charge in [-0.2, -0.15) is 5.10 Å². The molecule has 2 heterocycles. The van der Waals surface area contributed by atoms with E-state index in [0.717, 1.165) is 37.2 Å². The lowest BCUT2D eigenvalue weighted by molar-refractivity contribution is 0.0898. The Hall–Kier alpha value is -1.72. The highest BCUT2D eigenvalue weighted by Crippen LogP contribution is 2.34. The first-order chi connectivity index (χ1) is 11.2. The standard InChI is InChI=1S/C18H24FN3O/c1-3-22-12-16(11-21-22)18-15(7-8-23-18)10-20-13(2)14-5-4-6-17(19)9-14/h4-6,9,11-13,15,18,20H,3,7-8,10H2,1-2H3/t13-,15-,18-/m1/s1. The minimum Gasteiger partial charge on any atom is -0.373 e. The molecule has 0 spiro atoms. The van der Waals surface area contributed by atoms with E-state index in [1.807, 2.05) is 16.9 Å². The molecule has 1 aliphatic heterocycles. The monoisotopic (exact) mass is 317 g/mol. The summed E-state index contributed by atoms with van der Waals surface area (Å²) in [7, 11) is 0. The van der Waals surface area contributed by atoms with Gasteiger partial charge in [-0.15, -0.1) is 0 Å². The molecule has 0 amide bonds. The van der Waals surface area contributed by atoms with Gasteiger partial charge in [0.1, 0.15) is 5.82 Å². The fourth-order valence-corrected chi connectivity index (χ4v) is 3.13. The molecule has 3 rings (SSSR count). The third-order valence-electron chi connectivity index (χ3n) is 4.55. The van der Waals surface area contributed by atoms with Crippen LogP contribution in [0.1, 0.15) is 43.5 Å². The molecule has 5 heteroatoms.